The molecule has 342 valence electrons. The molecule has 0 aliphatic carbocycles. The molecule has 0 amide bonds. The topological polar surface area (TPSA) is 81.0 Å². The van der Waals surface area contributed by atoms with Gasteiger partial charge in [-0.25, -0.2) is 24.6 Å². The van der Waals surface area contributed by atoms with Gasteiger partial charge in [0.25, 0.3) is 0 Å². The van der Waals surface area contributed by atoms with E-state index in [1.54, 1.807) is 0 Å². The average molecular weight is 943 g/mol. The van der Waals surface area contributed by atoms with Crippen molar-refractivity contribution in [3.8, 4) is 85.0 Å². The van der Waals surface area contributed by atoms with E-state index in [2.05, 4.69) is 158 Å². The number of aromatic nitrogens is 5. The number of benzene rings is 10. The Kier molecular flexibility index (Phi) is 10.5. The van der Waals surface area contributed by atoms with Crippen LogP contribution in [0.5, 0.6) is 0 Å². The lowest BCUT2D eigenvalue weighted by Crippen LogP contribution is -2.06. The van der Waals surface area contributed by atoms with Gasteiger partial charge in [0.1, 0.15) is 0 Å². The predicted octanol–water partition coefficient (Wildman–Crippen LogP) is 17.0. The van der Waals surface area contributed by atoms with Crippen molar-refractivity contribution in [1.82, 2.24) is 24.1 Å². The van der Waals surface area contributed by atoms with Gasteiger partial charge in [0.2, 0.25) is 0 Å². The molecule has 74 heavy (non-hydrogen) atoms. The Bertz CT molecular complexity index is 4190. The highest BCUT2D eigenvalue weighted by atomic mass is 15.1. The van der Waals surface area contributed by atoms with Crippen LogP contribution in [0.3, 0.4) is 0 Å². The van der Waals surface area contributed by atoms with Crippen molar-refractivity contribution in [2.24, 2.45) is 0 Å². The Labute approximate surface area is 426 Å². The molecule has 0 saturated carbocycles. The fourth-order valence-electron chi connectivity index (χ4n) is 10.4. The van der Waals surface area contributed by atoms with E-state index in [0.717, 1.165) is 105 Å². The lowest BCUT2D eigenvalue weighted by Gasteiger charge is -2.18. The second kappa shape index (κ2) is 17.9. The van der Waals surface area contributed by atoms with Crippen LogP contribution in [0.15, 0.2) is 231 Å². The van der Waals surface area contributed by atoms with Crippen LogP contribution in [0.2, 0.25) is 0 Å². The molecule has 0 fully saturated rings. The molecule has 0 bridgehead atoms. The van der Waals surface area contributed by atoms with Gasteiger partial charge < -0.3 is 9.13 Å². The first-order chi connectivity index (χ1) is 36.5. The highest BCUT2D eigenvalue weighted by molar-refractivity contribution is 6.11. The van der Waals surface area contributed by atoms with Crippen molar-refractivity contribution >= 4 is 55.0 Å². The summed E-state index contributed by atoms with van der Waals surface area (Å²) in [4.78, 5) is 24.0. The predicted molar refractivity (Wildman–Crippen MR) is 298 cm³/mol. The lowest BCUT2D eigenvalue weighted by molar-refractivity contribution is 1.06. The Morgan fingerprint density at radius 3 is 1.15 bits per heavy atom. The van der Waals surface area contributed by atoms with E-state index >= 15 is 0 Å². The molecule has 10 aromatic carbocycles. The maximum absolute atomic E-state index is 10.0. The second-order valence-electron chi connectivity index (χ2n) is 18.1. The SMILES string of the molecule is [C-]#[N+]c1cccc(-c2ccc(-c3nc(-c4cc(-c5cccc(C#N)c5)ccc4-n4c5ccccc5c5ccccc54)nc(-c4cc(-c5cccc([N+]#[C-])c5)ccc4-n4c5ccccc5c5ccccc54)n3)cc2)c1. The summed E-state index contributed by atoms with van der Waals surface area (Å²) in [6.07, 6.45) is 0. The molecule has 3 heterocycles. The van der Waals surface area contributed by atoms with Gasteiger partial charge in [-0.15, -0.1) is 0 Å². The number of hydrogen-bond acceptors (Lipinski definition) is 4. The summed E-state index contributed by atoms with van der Waals surface area (Å²) < 4.78 is 4.58. The van der Waals surface area contributed by atoms with Crippen LogP contribution in [0, 0.1) is 24.5 Å². The minimum absolute atomic E-state index is 0.447. The third-order valence-electron chi connectivity index (χ3n) is 13.8. The molecule has 0 aliphatic heterocycles. The minimum atomic E-state index is 0.447. The van der Waals surface area contributed by atoms with E-state index in [0.29, 0.717) is 34.4 Å². The van der Waals surface area contributed by atoms with Gasteiger partial charge in [-0.3, -0.25) is 0 Å². The molecule has 3 aromatic heterocycles. The van der Waals surface area contributed by atoms with Crippen molar-refractivity contribution in [3.63, 3.8) is 0 Å². The second-order valence-corrected chi connectivity index (χ2v) is 18.1. The normalized spacial score (nSPS) is 11.2. The number of fused-ring (bicyclic) bond motifs is 6. The van der Waals surface area contributed by atoms with Crippen molar-refractivity contribution in [2.45, 2.75) is 0 Å². The highest BCUT2D eigenvalue weighted by Crippen LogP contribution is 2.42. The smallest absolute Gasteiger partial charge is 0.187 e. The van der Waals surface area contributed by atoms with Gasteiger partial charge in [0, 0.05) is 38.2 Å². The minimum Gasteiger partial charge on any atom is -0.309 e. The monoisotopic (exact) mass is 942 g/mol. The largest absolute Gasteiger partial charge is 0.309 e. The quantitative estimate of drug-likeness (QED) is 0.142. The molecular weight excluding hydrogens is 905 g/mol. The Morgan fingerprint density at radius 2 is 0.703 bits per heavy atom. The fraction of sp³-hybridized carbons (Fsp3) is 0. The van der Waals surface area contributed by atoms with Gasteiger partial charge >= 0.3 is 0 Å². The van der Waals surface area contributed by atoms with E-state index in [-0.39, 0.29) is 0 Å². The zero-order valence-electron chi connectivity index (χ0n) is 39.5. The summed E-state index contributed by atoms with van der Waals surface area (Å²) in [7, 11) is 0. The summed E-state index contributed by atoms with van der Waals surface area (Å²) in [5.41, 5.74) is 15.3. The van der Waals surface area contributed by atoms with E-state index < -0.39 is 0 Å². The van der Waals surface area contributed by atoms with Crippen molar-refractivity contribution < 1.29 is 0 Å². The van der Waals surface area contributed by atoms with E-state index in [1.165, 1.54) is 0 Å². The zero-order chi connectivity index (χ0) is 49.7. The number of nitriles is 1. The Hall–Kier alpha value is -10.7. The molecule has 0 N–H and O–H groups in total. The number of para-hydroxylation sites is 4. The molecule has 0 unspecified atom stereocenters. The molecule has 0 spiro atoms. The molecule has 0 radical (unpaired) electrons. The van der Waals surface area contributed by atoms with Crippen LogP contribution in [-0.2, 0) is 0 Å². The van der Waals surface area contributed by atoms with Crippen molar-refractivity contribution in [1.29, 1.82) is 5.26 Å². The van der Waals surface area contributed by atoms with E-state index in [1.807, 2.05) is 97.1 Å². The van der Waals surface area contributed by atoms with Crippen LogP contribution in [0.1, 0.15) is 5.56 Å². The van der Waals surface area contributed by atoms with Gasteiger partial charge in [-0.2, -0.15) is 5.26 Å². The van der Waals surface area contributed by atoms with Gasteiger partial charge in [-0.05, 0) is 106 Å². The van der Waals surface area contributed by atoms with Crippen LogP contribution in [0.25, 0.3) is 132 Å². The third-order valence-corrected chi connectivity index (χ3v) is 13.8. The van der Waals surface area contributed by atoms with Crippen molar-refractivity contribution in [3.05, 3.63) is 259 Å². The van der Waals surface area contributed by atoms with Crippen LogP contribution in [-0.4, -0.2) is 24.1 Å². The highest BCUT2D eigenvalue weighted by Gasteiger charge is 2.24. The Morgan fingerprint density at radius 1 is 0.338 bits per heavy atom. The molecule has 13 aromatic rings. The maximum Gasteiger partial charge on any atom is 0.187 e. The maximum atomic E-state index is 10.0. The fourth-order valence-corrected chi connectivity index (χ4v) is 10.4. The lowest BCUT2D eigenvalue weighted by atomic mass is 9.99. The Balaban J connectivity index is 1.13. The summed E-state index contributed by atoms with van der Waals surface area (Å²) in [6.45, 7) is 15.5. The number of hydrogen-bond donors (Lipinski definition) is 0. The molecule has 0 saturated heterocycles. The molecule has 13 rings (SSSR count). The molecule has 0 aliphatic rings. The van der Waals surface area contributed by atoms with Gasteiger partial charge in [0.05, 0.1) is 58.2 Å². The number of nitrogens with zero attached hydrogens (tertiary/aromatic N) is 8. The first-order valence-corrected chi connectivity index (χ1v) is 24.1. The number of rotatable bonds is 8. The first-order valence-electron chi connectivity index (χ1n) is 24.1. The van der Waals surface area contributed by atoms with Crippen molar-refractivity contribution in [2.75, 3.05) is 0 Å². The summed E-state index contributed by atoms with van der Waals surface area (Å²) >= 11 is 0. The van der Waals surface area contributed by atoms with Gasteiger partial charge in [-0.1, -0.05) is 158 Å². The molecular formula is C66H38N8. The average Bonchev–Trinajstić information content (AvgIpc) is 3.99. The van der Waals surface area contributed by atoms with Gasteiger partial charge in [0.15, 0.2) is 28.8 Å². The summed E-state index contributed by atoms with van der Waals surface area (Å²) in [5, 5.41) is 14.5. The van der Waals surface area contributed by atoms with E-state index in [9.17, 15) is 5.26 Å². The molecule has 0 atom stereocenters. The molecule has 8 nitrogen and oxygen atoms in total. The van der Waals surface area contributed by atoms with Crippen LogP contribution < -0.4 is 0 Å². The summed E-state index contributed by atoms with van der Waals surface area (Å²) in [6, 6.07) is 80.0. The van der Waals surface area contributed by atoms with Crippen LogP contribution in [0.4, 0.5) is 11.4 Å². The van der Waals surface area contributed by atoms with E-state index in [4.69, 9.17) is 28.1 Å². The first kappa shape index (κ1) is 43.3. The zero-order valence-corrected chi connectivity index (χ0v) is 39.5. The standard InChI is InChI=1S/C66H38N8/c1-68-50-18-12-16-46(37-50)43-28-30-44(31-29-43)64-70-65(56-39-48(45-15-11-14-42(36-45)41-67)32-34-62(56)73-58-24-7-3-20-52(58)53-21-4-8-25-59(53)73)72-66(71-64)57-40-49(47-17-13-19-51(38-47)69-2)33-35-63(57)74-60-26-9-5-22-54(60)55-23-6-10-27-61(55)74/h3-40H. The van der Waals surface area contributed by atoms with Crippen LogP contribution >= 0.6 is 0 Å². The summed E-state index contributed by atoms with van der Waals surface area (Å²) in [5.74, 6) is 1.36. The third kappa shape index (κ3) is 7.42. The molecule has 8 heteroatoms.